The number of benzene rings is 1. The van der Waals surface area contributed by atoms with Crippen molar-refractivity contribution in [3.8, 4) is 0 Å². The molecule has 9 heteroatoms. The molecule has 2 amide bonds. The van der Waals surface area contributed by atoms with Gasteiger partial charge in [-0.2, -0.15) is 0 Å². The number of pyridine rings is 1. The molecule has 1 atom stereocenters. The van der Waals surface area contributed by atoms with Gasteiger partial charge in [-0.3, -0.25) is 19.5 Å². The Balaban J connectivity index is 1.41. The van der Waals surface area contributed by atoms with Crippen LogP contribution in [0, 0.1) is 11.6 Å². The Morgan fingerprint density at radius 2 is 1.94 bits per heavy atom. The Morgan fingerprint density at radius 1 is 1.16 bits per heavy atom. The summed E-state index contributed by atoms with van der Waals surface area (Å²) in [5, 5.41) is 13.7. The van der Waals surface area contributed by atoms with Gasteiger partial charge in [-0.05, 0) is 31.0 Å². The summed E-state index contributed by atoms with van der Waals surface area (Å²) >= 11 is 0. The zero-order valence-corrected chi connectivity index (χ0v) is 17.6. The van der Waals surface area contributed by atoms with Gasteiger partial charge in [0.2, 0.25) is 11.8 Å². The number of rotatable bonds is 5. The minimum Gasteiger partial charge on any atom is -0.383 e. The van der Waals surface area contributed by atoms with E-state index < -0.39 is 23.3 Å². The molecule has 2 aromatic rings. The summed E-state index contributed by atoms with van der Waals surface area (Å²) in [4.78, 5) is 33.1. The molecule has 2 aliphatic heterocycles. The van der Waals surface area contributed by atoms with Gasteiger partial charge in [0.15, 0.2) is 11.6 Å². The number of likely N-dealkylation sites (tertiary alicyclic amines) is 1. The van der Waals surface area contributed by atoms with Crippen LogP contribution < -0.4 is 5.32 Å². The second kappa shape index (κ2) is 9.30. The fourth-order valence-corrected chi connectivity index (χ4v) is 4.38. The second-order valence-corrected chi connectivity index (χ2v) is 8.32. The molecule has 7 nitrogen and oxygen atoms in total. The van der Waals surface area contributed by atoms with Gasteiger partial charge in [0.1, 0.15) is 5.60 Å². The lowest BCUT2D eigenvalue weighted by molar-refractivity contribution is -0.142. The smallest absolute Gasteiger partial charge is 0.237 e. The first-order chi connectivity index (χ1) is 15.4. The highest BCUT2D eigenvalue weighted by molar-refractivity contribution is 5.88. The van der Waals surface area contributed by atoms with Crippen molar-refractivity contribution >= 4 is 11.8 Å². The third-order valence-electron chi connectivity index (χ3n) is 6.30. The summed E-state index contributed by atoms with van der Waals surface area (Å²) < 4.78 is 27.7. The van der Waals surface area contributed by atoms with E-state index in [0.717, 1.165) is 6.07 Å². The van der Waals surface area contributed by atoms with Gasteiger partial charge in [0, 0.05) is 44.5 Å². The third-order valence-corrected chi connectivity index (χ3v) is 6.30. The SMILES string of the molecule is O=C1NCCN(Cc2cccc(F)c2F)[C@H]1CC(=O)N1CCC(O)(c2ccccn2)CC1. The molecule has 32 heavy (non-hydrogen) atoms. The van der Waals surface area contributed by atoms with Crippen molar-refractivity contribution in [3.05, 3.63) is 65.5 Å². The average Bonchev–Trinajstić information content (AvgIpc) is 2.80. The van der Waals surface area contributed by atoms with E-state index in [2.05, 4.69) is 10.3 Å². The number of nitrogens with one attached hydrogen (secondary N) is 1. The molecular formula is C23H26F2N4O3. The fraction of sp³-hybridized carbons (Fsp3) is 0.435. The molecule has 2 fully saturated rings. The van der Waals surface area contributed by atoms with E-state index in [9.17, 15) is 23.5 Å². The Hall–Kier alpha value is -2.91. The summed E-state index contributed by atoms with van der Waals surface area (Å²) in [5.41, 5.74) is -0.348. The molecular weight excluding hydrogens is 418 g/mol. The summed E-state index contributed by atoms with van der Waals surface area (Å²) in [6.45, 7) is 1.53. The molecule has 2 N–H and O–H groups in total. The van der Waals surface area contributed by atoms with Gasteiger partial charge in [0.25, 0.3) is 0 Å². The van der Waals surface area contributed by atoms with Crippen molar-refractivity contribution in [1.82, 2.24) is 20.1 Å². The van der Waals surface area contributed by atoms with Gasteiger partial charge in [-0.1, -0.05) is 18.2 Å². The number of amides is 2. The van der Waals surface area contributed by atoms with E-state index >= 15 is 0 Å². The number of carbonyl (C=O) groups is 2. The Kier molecular flexibility index (Phi) is 6.48. The Labute approximate surface area is 185 Å². The Bertz CT molecular complexity index is 980. The molecule has 2 aliphatic rings. The van der Waals surface area contributed by atoms with Crippen molar-refractivity contribution in [2.45, 2.75) is 37.5 Å². The van der Waals surface area contributed by atoms with E-state index in [0.29, 0.717) is 44.7 Å². The van der Waals surface area contributed by atoms with E-state index in [-0.39, 0.29) is 30.3 Å². The fourth-order valence-electron chi connectivity index (χ4n) is 4.38. The van der Waals surface area contributed by atoms with Crippen LogP contribution in [0.1, 0.15) is 30.5 Å². The van der Waals surface area contributed by atoms with E-state index in [4.69, 9.17) is 0 Å². The summed E-state index contributed by atoms with van der Waals surface area (Å²) in [6, 6.07) is 8.55. The predicted octanol–water partition coefficient (Wildman–Crippen LogP) is 1.56. The number of piperidine rings is 1. The quantitative estimate of drug-likeness (QED) is 0.731. The number of hydrogen-bond acceptors (Lipinski definition) is 5. The molecule has 170 valence electrons. The molecule has 3 heterocycles. The number of piperazine rings is 1. The third kappa shape index (κ3) is 4.63. The van der Waals surface area contributed by atoms with Crippen molar-refractivity contribution in [2.24, 2.45) is 0 Å². The van der Waals surface area contributed by atoms with Crippen LogP contribution in [0.3, 0.4) is 0 Å². The second-order valence-electron chi connectivity index (χ2n) is 8.32. The van der Waals surface area contributed by atoms with E-state index in [1.54, 1.807) is 28.1 Å². The van der Waals surface area contributed by atoms with Crippen molar-refractivity contribution < 1.29 is 23.5 Å². The summed E-state index contributed by atoms with van der Waals surface area (Å²) in [6.07, 6.45) is 2.27. The van der Waals surface area contributed by atoms with Crippen LogP contribution in [0.4, 0.5) is 8.78 Å². The maximum Gasteiger partial charge on any atom is 0.237 e. The highest BCUT2D eigenvalue weighted by Crippen LogP contribution is 2.31. The molecule has 4 rings (SSSR count). The van der Waals surface area contributed by atoms with Crippen molar-refractivity contribution in [3.63, 3.8) is 0 Å². The van der Waals surface area contributed by atoms with Crippen LogP contribution >= 0.6 is 0 Å². The minimum absolute atomic E-state index is 0.0361. The standard InChI is InChI=1S/C23H26F2N4O3/c24-17-5-3-4-16(21(17)25)15-29-13-10-27-22(31)18(29)14-20(30)28-11-7-23(32,8-12-28)19-6-1-2-9-26-19/h1-6,9,18,32H,7-8,10-15H2,(H,27,31)/t18-/m0/s1. The van der Waals surface area contributed by atoms with Gasteiger partial charge in [-0.25, -0.2) is 8.78 Å². The lowest BCUT2D eigenvalue weighted by Gasteiger charge is -2.39. The molecule has 0 radical (unpaired) electrons. The number of aromatic nitrogens is 1. The zero-order chi connectivity index (χ0) is 22.7. The largest absolute Gasteiger partial charge is 0.383 e. The lowest BCUT2D eigenvalue weighted by Crippen LogP contribution is -2.57. The first-order valence-corrected chi connectivity index (χ1v) is 10.7. The predicted molar refractivity (Wildman–Crippen MR) is 112 cm³/mol. The first kappa shape index (κ1) is 22.3. The number of hydrogen-bond donors (Lipinski definition) is 2. The summed E-state index contributed by atoms with van der Waals surface area (Å²) in [5.74, 6) is -2.39. The number of nitrogens with zero attached hydrogens (tertiary/aromatic N) is 3. The maximum absolute atomic E-state index is 14.1. The monoisotopic (exact) mass is 444 g/mol. The minimum atomic E-state index is -1.08. The van der Waals surface area contributed by atoms with Crippen molar-refractivity contribution in [2.75, 3.05) is 26.2 Å². The molecule has 1 aromatic carbocycles. The maximum atomic E-state index is 14.1. The van der Waals surface area contributed by atoms with Crippen LogP contribution in [-0.4, -0.2) is 63.9 Å². The highest BCUT2D eigenvalue weighted by atomic mass is 19.2. The van der Waals surface area contributed by atoms with E-state index in [1.807, 2.05) is 6.07 Å². The van der Waals surface area contributed by atoms with Gasteiger partial charge in [-0.15, -0.1) is 0 Å². The average molecular weight is 444 g/mol. The van der Waals surface area contributed by atoms with Crippen LogP contribution in [0.2, 0.25) is 0 Å². The van der Waals surface area contributed by atoms with Gasteiger partial charge < -0.3 is 15.3 Å². The normalized spacial score (nSPS) is 21.3. The number of aliphatic hydroxyl groups is 1. The van der Waals surface area contributed by atoms with Gasteiger partial charge in [0.05, 0.1) is 18.2 Å². The van der Waals surface area contributed by atoms with E-state index in [1.165, 1.54) is 12.1 Å². The zero-order valence-electron chi connectivity index (χ0n) is 17.6. The number of halogens is 2. The van der Waals surface area contributed by atoms with Crippen LogP contribution in [0.25, 0.3) is 0 Å². The molecule has 2 saturated heterocycles. The number of carbonyl (C=O) groups excluding carboxylic acids is 2. The van der Waals surface area contributed by atoms with Crippen LogP contribution in [0.5, 0.6) is 0 Å². The first-order valence-electron chi connectivity index (χ1n) is 10.7. The molecule has 0 saturated carbocycles. The molecule has 0 bridgehead atoms. The molecule has 0 aliphatic carbocycles. The highest BCUT2D eigenvalue weighted by Gasteiger charge is 2.38. The molecule has 0 unspecified atom stereocenters. The van der Waals surface area contributed by atoms with Crippen LogP contribution in [-0.2, 0) is 21.7 Å². The van der Waals surface area contributed by atoms with Crippen LogP contribution in [0.15, 0.2) is 42.6 Å². The molecule has 0 spiro atoms. The summed E-state index contributed by atoms with van der Waals surface area (Å²) in [7, 11) is 0. The lowest BCUT2D eigenvalue weighted by atomic mass is 9.87. The topological polar surface area (TPSA) is 85.8 Å². The van der Waals surface area contributed by atoms with Crippen molar-refractivity contribution in [1.29, 1.82) is 0 Å². The molecule has 1 aromatic heterocycles. The Morgan fingerprint density at radius 3 is 2.66 bits per heavy atom. The van der Waals surface area contributed by atoms with Gasteiger partial charge >= 0.3 is 0 Å².